The molecule has 2 rings (SSSR count). The van der Waals surface area contributed by atoms with Crippen molar-refractivity contribution in [1.29, 1.82) is 0 Å². The van der Waals surface area contributed by atoms with Gasteiger partial charge < -0.3 is 15.2 Å². The van der Waals surface area contributed by atoms with Crippen molar-refractivity contribution >= 4 is 5.69 Å². The SMILES string of the molecule is Cc1ccc(O)c(CNc2cccnc2OC(C)C)c1. The molecule has 0 atom stereocenters. The minimum absolute atomic E-state index is 0.0674. The molecule has 0 amide bonds. The van der Waals surface area contributed by atoms with E-state index in [-0.39, 0.29) is 6.10 Å². The molecule has 0 saturated carbocycles. The molecule has 0 spiro atoms. The van der Waals surface area contributed by atoms with Gasteiger partial charge in [-0.15, -0.1) is 0 Å². The zero-order valence-corrected chi connectivity index (χ0v) is 12.1. The van der Waals surface area contributed by atoms with E-state index in [0.29, 0.717) is 18.2 Å². The van der Waals surface area contributed by atoms with Gasteiger partial charge in [0.25, 0.3) is 0 Å². The molecule has 0 aliphatic heterocycles. The van der Waals surface area contributed by atoms with Crippen LogP contribution in [0.5, 0.6) is 11.6 Å². The molecule has 4 heteroatoms. The zero-order chi connectivity index (χ0) is 14.5. The maximum Gasteiger partial charge on any atom is 0.237 e. The topological polar surface area (TPSA) is 54.4 Å². The predicted octanol–water partition coefficient (Wildman–Crippen LogP) is 3.49. The minimum atomic E-state index is 0.0674. The molecule has 1 aromatic carbocycles. The number of phenolic OH excluding ortho intramolecular Hbond substituents is 1. The van der Waals surface area contributed by atoms with Gasteiger partial charge in [-0.2, -0.15) is 0 Å². The van der Waals surface area contributed by atoms with Crippen molar-refractivity contribution in [2.75, 3.05) is 5.32 Å². The maximum atomic E-state index is 9.84. The van der Waals surface area contributed by atoms with Gasteiger partial charge in [-0.3, -0.25) is 0 Å². The number of aromatic hydroxyl groups is 1. The number of nitrogens with one attached hydrogen (secondary N) is 1. The lowest BCUT2D eigenvalue weighted by Gasteiger charge is -2.14. The van der Waals surface area contributed by atoms with Crippen LogP contribution < -0.4 is 10.1 Å². The van der Waals surface area contributed by atoms with Gasteiger partial charge in [0.05, 0.1) is 11.8 Å². The molecule has 0 unspecified atom stereocenters. The molecule has 1 aromatic heterocycles. The first-order chi connectivity index (χ1) is 9.56. The summed E-state index contributed by atoms with van der Waals surface area (Å²) in [6, 6.07) is 9.32. The van der Waals surface area contributed by atoms with Gasteiger partial charge in [-0.05, 0) is 39.0 Å². The molecule has 0 bridgehead atoms. The molecule has 0 aliphatic carbocycles. The third-order valence-electron chi connectivity index (χ3n) is 2.82. The average molecular weight is 272 g/mol. The summed E-state index contributed by atoms with van der Waals surface area (Å²) in [6.45, 7) is 6.45. The summed E-state index contributed by atoms with van der Waals surface area (Å²) in [4.78, 5) is 4.22. The fourth-order valence-corrected chi connectivity index (χ4v) is 1.89. The molecule has 4 nitrogen and oxygen atoms in total. The molecular formula is C16H20N2O2. The Labute approximate surface area is 119 Å². The summed E-state index contributed by atoms with van der Waals surface area (Å²) >= 11 is 0. The molecule has 1 heterocycles. The summed E-state index contributed by atoms with van der Waals surface area (Å²) in [5.74, 6) is 0.868. The van der Waals surface area contributed by atoms with Crippen LogP contribution >= 0.6 is 0 Å². The van der Waals surface area contributed by atoms with E-state index in [1.165, 1.54) is 0 Å². The Bertz CT molecular complexity index is 582. The number of phenols is 1. The zero-order valence-electron chi connectivity index (χ0n) is 12.1. The quantitative estimate of drug-likeness (QED) is 0.874. The highest BCUT2D eigenvalue weighted by molar-refractivity contribution is 5.53. The molecule has 20 heavy (non-hydrogen) atoms. The third kappa shape index (κ3) is 3.63. The van der Waals surface area contributed by atoms with E-state index in [2.05, 4.69) is 10.3 Å². The molecule has 106 valence electrons. The second kappa shape index (κ2) is 6.28. The first-order valence-corrected chi connectivity index (χ1v) is 6.70. The Morgan fingerprint density at radius 2 is 2.10 bits per heavy atom. The Kier molecular flexibility index (Phi) is 4.45. The van der Waals surface area contributed by atoms with Gasteiger partial charge >= 0.3 is 0 Å². The van der Waals surface area contributed by atoms with Crippen LogP contribution in [0.25, 0.3) is 0 Å². The molecule has 2 aromatic rings. The molecule has 0 saturated heterocycles. The van der Waals surface area contributed by atoms with Crippen LogP contribution in [-0.4, -0.2) is 16.2 Å². The summed E-state index contributed by atoms with van der Waals surface area (Å²) in [7, 11) is 0. The number of nitrogens with zero attached hydrogens (tertiary/aromatic N) is 1. The summed E-state index contributed by atoms with van der Waals surface area (Å²) in [5.41, 5.74) is 2.79. The molecule has 0 aliphatic rings. The van der Waals surface area contributed by atoms with Crippen LogP contribution in [0.15, 0.2) is 36.5 Å². The van der Waals surface area contributed by atoms with Crippen molar-refractivity contribution in [3.05, 3.63) is 47.7 Å². The van der Waals surface area contributed by atoms with Crippen molar-refractivity contribution in [3.63, 3.8) is 0 Å². The van der Waals surface area contributed by atoms with Crippen LogP contribution in [0.4, 0.5) is 5.69 Å². The highest BCUT2D eigenvalue weighted by Gasteiger charge is 2.07. The van der Waals surface area contributed by atoms with E-state index in [1.54, 1.807) is 12.3 Å². The second-order valence-electron chi connectivity index (χ2n) is 5.01. The molecule has 0 radical (unpaired) electrons. The normalized spacial score (nSPS) is 10.6. The fraction of sp³-hybridized carbons (Fsp3) is 0.312. The number of hydrogen-bond acceptors (Lipinski definition) is 4. The van der Waals surface area contributed by atoms with Crippen LogP contribution in [-0.2, 0) is 6.54 Å². The number of ether oxygens (including phenoxy) is 1. The van der Waals surface area contributed by atoms with Crippen molar-refractivity contribution < 1.29 is 9.84 Å². The lowest BCUT2D eigenvalue weighted by Crippen LogP contribution is -2.10. The van der Waals surface area contributed by atoms with Crippen LogP contribution in [0, 0.1) is 6.92 Å². The lowest BCUT2D eigenvalue weighted by molar-refractivity contribution is 0.234. The monoisotopic (exact) mass is 272 g/mol. The van der Waals surface area contributed by atoms with Crippen molar-refractivity contribution in [1.82, 2.24) is 4.98 Å². The Morgan fingerprint density at radius 1 is 1.30 bits per heavy atom. The second-order valence-corrected chi connectivity index (χ2v) is 5.01. The highest BCUT2D eigenvalue weighted by Crippen LogP contribution is 2.24. The molecular weight excluding hydrogens is 252 g/mol. The van der Waals surface area contributed by atoms with Crippen LogP contribution in [0.2, 0.25) is 0 Å². The first kappa shape index (κ1) is 14.2. The maximum absolute atomic E-state index is 9.84. The van der Waals surface area contributed by atoms with Gasteiger partial charge in [0.15, 0.2) is 0 Å². The molecule has 0 fully saturated rings. The number of aryl methyl sites for hydroxylation is 1. The van der Waals surface area contributed by atoms with Gasteiger partial charge in [0.1, 0.15) is 5.75 Å². The number of rotatable bonds is 5. The van der Waals surface area contributed by atoms with Gasteiger partial charge in [-0.1, -0.05) is 17.7 Å². The fourth-order valence-electron chi connectivity index (χ4n) is 1.89. The van der Waals surface area contributed by atoms with Gasteiger partial charge in [-0.25, -0.2) is 4.98 Å². The number of pyridine rings is 1. The third-order valence-corrected chi connectivity index (χ3v) is 2.82. The largest absolute Gasteiger partial charge is 0.508 e. The standard InChI is InChI=1S/C16H20N2O2/c1-11(2)20-16-14(5-4-8-17-16)18-10-13-9-12(3)6-7-15(13)19/h4-9,11,18-19H,10H2,1-3H3. The van der Waals surface area contributed by atoms with Crippen LogP contribution in [0.1, 0.15) is 25.0 Å². The van der Waals surface area contributed by atoms with E-state index >= 15 is 0 Å². The van der Waals surface area contributed by atoms with E-state index in [0.717, 1.165) is 16.8 Å². The smallest absolute Gasteiger partial charge is 0.237 e. The van der Waals surface area contributed by atoms with Crippen LogP contribution in [0.3, 0.4) is 0 Å². The molecule has 2 N–H and O–H groups in total. The number of hydrogen-bond donors (Lipinski definition) is 2. The average Bonchev–Trinajstić information content (AvgIpc) is 2.41. The highest BCUT2D eigenvalue weighted by atomic mass is 16.5. The summed E-state index contributed by atoms with van der Waals surface area (Å²) in [5, 5.41) is 13.1. The van der Waals surface area contributed by atoms with E-state index in [4.69, 9.17) is 4.74 Å². The minimum Gasteiger partial charge on any atom is -0.508 e. The van der Waals surface area contributed by atoms with E-state index < -0.39 is 0 Å². The number of anilines is 1. The van der Waals surface area contributed by atoms with Crippen molar-refractivity contribution in [3.8, 4) is 11.6 Å². The summed E-state index contributed by atoms with van der Waals surface area (Å²) in [6.07, 6.45) is 1.77. The Morgan fingerprint density at radius 3 is 2.85 bits per heavy atom. The first-order valence-electron chi connectivity index (χ1n) is 6.70. The lowest BCUT2D eigenvalue weighted by atomic mass is 10.1. The number of aromatic nitrogens is 1. The van der Waals surface area contributed by atoms with Crippen molar-refractivity contribution in [2.45, 2.75) is 33.4 Å². The van der Waals surface area contributed by atoms with Gasteiger partial charge in [0, 0.05) is 18.3 Å². The predicted molar refractivity (Wildman–Crippen MR) is 80.2 cm³/mol. The summed E-state index contributed by atoms with van der Waals surface area (Å²) < 4.78 is 5.65. The van der Waals surface area contributed by atoms with E-state index in [9.17, 15) is 5.11 Å². The van der Waals surface area contributed by atoms with Gasteiger partial charge in [0.2, 0.25) is 5.88 Å². The number of benzene rings is 1. The Balaban J connectivity index is 2.12. The van der Waals surface area contributed by atoms with Crippen molar-refractivity contribution in [2.24, 2.45) is 0 Å². The van der Waals surface area contributed by atoms with E-state index in [1.807, 2.05) is 45.0 Å². The Hall–Kier alpha value is -2.23.